The van der Waals surface area contributed by atoms with Gasteiger partial charge in [-0.1, -0.05) is 85.7 Å². The molecule has 0 amide bonds. The van der Waals surface area contributed by atoms with Crippen LogP contribution in [0.1, 0.15) is 116 Å². The van der Waals surface area contributed by atoms with Crippen molar-refractivity contribution in [3.63, 3.8) is 0 Å². The fourth-order valence-corrected chi connectivity index (χ4v) is 5.83. The zero-order valence-electron chi connectivity index (χ0n) is 25.7. The van der Waals surface area contributed by atoms with Crippen LogP contribution >= 0.6 is 0 Å². The van der Waals surface area contributed by atoms with Crippen molar-refractivity contribution in [3.8, 4) is 0 Å². The highest BCUT2D eigenvalue weighted by molar-refractivity contribution is 5.78. The standard InChI is InChI=1S/C34H50FNO3/c1-21(2)34(10,31(37)38)36-20-24-13-18-29(30(24)23-11-15-26(35)16-12-23)39-22(3)27-17-14-25(32(4,5)6)19-28(27)33(7,8)9/h11-12,14-17,19,21-22,24,29-30,36H,13,18,20H2,1-10H3,(H,37,38). The van der Waals surface area contributed by atoms with Gasteiger partial charge in [-0.05, 0) is 90.3 Å². The van der Waals surface area contributed by atoms with Crippen LogP contribution in [0.25, 0.3) is 0 Å². The second-order valence-corrected chi connectivity index (χ2v) is 14.1. The molecule has 1 aliphatic carbocycles. The molecule has 1 aliphatic rings. The molecule has 39 heavy (non-hydrogen) atoms. The summed E-state index contributed by atoms with van der Waals surface area (Å²) in [6.45, 7) is 21.8. The largest absolute Gasteiger partial charge is 0.480 e. The monoisotopic (exact) mass is 539 g/mol. The average Bonchev–Trinajstić information content (AvgIpc) is 3.23. The summed E-state index contributed by atoms with van der Waals surface area (Å²) in [7, 11) is 0. The van der Waals surface area contributed by atoms with Gasteiger partial charge in [0.25, 0.3) is 0 Å². The molecule has 2 aromatic carbocycles. The number of hydrogen-bond acceptors (Lipinski definition) is 3. The SMILES string of the molecule is CC(OC1CCC(CNC(C)(C(=O)O)C(C)C)C1c1ccc(F)cc1)c1ccc(C(C)(C)C)cc1C(C)(C)C. The summed E-state index contributed by atoms with van der Waals surface area (Å²) in [4.78, 5) is 12.1. The average molecular weight is 540 g/mol. The number of hydrogen-bond donors (Lipinski definition) is 2. The fraction of sp³-hybridized carbons (Fsp3) is 0.618. The molecule has 0 saturated heterocycles. The summed E-state index contributed by atoms with van der Waals surface area (Å²) in [5.74, 6) is -0.958. The molecule has 5 atom stereocenters. The summed E-state index contributed by atoms with van der Waals surface area (Å²) in [5.41, 5.74) is 3.85. The summed E-state index contributed by atoms with van der Waals surface area (Å²) in [6.07, 6.45) is 1.61. The first-order valence-corrected chi connectivity index (χ1v) is 14.5. The van der Waals surface area contributed by atoms with Crippen LogP contribution in [0.2, 0.25) is 0 Å². The minimum atomic E-state index is -1.02. The Morgan fingerprint density at radius 1 is 0.974 bits per heavy atom. The maximum atomic E-state index is 13.8. The Labute approximate surface area is 235 Å². The van der Waals surface area contributed by atoms with Gasteiger partial charge < -0.3 is 15.2 Å². The molecule has 4 nitrogen and oxygen atoms in total. The predicted molar refractivity (Wildman–Crippen MR) is 158 cm³/mol. The van der Waals surface area contributed by atoms with Crippen molar-refractivity contribution in [2.75, 3.05) is 6.54 Å². The van der Waals surface area contributed by atoms with Crippen LogP contribution in [-0.4, -0.2) is 29.3 Å². The minimum Gasteiger partial charge on any atom is -0.480 e. The molecule has 0 aromatic heterocycles. The lowest BCUT2D eigenvalue weighted by atomic mass is 9.77. The summed E-state index contributed by atoms with van der Waals surface area (Å²) >= 11 is 0. The highest BCUT2D eigenvalue weighted by atomic mass is 19.1. The number of carboxylic acid groups (broad SMARTS) is 1. The third kappa shape index (κ3) is 7.10. The molecule has 2 N–H and O–H groups in total. The van der Waals surface area contributed by atoms with Crippen LogP contribution in [-0.2, 0) is 20.4 Å². The van der Waals surface area contributed by atoms with Gasteiger partial charge >= 0.3 is 5.97 Å². The first kappa shape index (κ1) is 31.3. The molecule has 0 radical (unpaired) electrons. The van der Waals surface area contributed by atoms with E-state index in [2.05, 4.69) is 72.0 Å². The van der Waals surface area contributed by atoms with Crippen LogP contribution in [0.5, 0.6) is 0 Å². The molecule has 3 rings (SSSR count). The van der Waals surface area contributed by atoms with E-state index in [0.29, 0.717) is 6.54 Å². The van der Waals surface area contributed by atoms with Gasteiger partial charge in [-0.15, -0.1) is 0 Å². The minimum absolute atomic E-state index is 0.0369. The van der Waals surface area contributed by atoms with Gasteiger partial charge in [-0.2, -0.15) is 0 Å². The molecule has 1 fully saturated rings. The van der Waals surface area contributed by atoms with E-state index in [9.17, 15) is 14.3 Å². The van der Waals surface area contributed by atoms with Gasteiger partial charge in [-0.3, -0.25) is 4.79 Å². The van der Waals surface area contributed by atoms with Gasteiger partial charge in [0.05, 0.1) is 12.2 Å². The van der Waals surface area contributed by atoms with E-state index in [-0.39, 0.29) is 46.6 Å². The summed E-state index contributed by atoms with van der Waals surface area (Å²) < 4.78 is 20.7. The lowest BCUT2D eigenvalue weighted by Gasteiger charge is -2.34. The number of ether oxygens (including phenoxy) is 1. The van der Waals surface area contributed by atoms with Crippen molar-refractivity contribution in [2.45, 2.75) is 117 Å². The Morgan fingerprint density at radius 2 is 1.59 bits per heavy atom. The van der Waals surface area contributed by atoms with Crippen molar-refractivity contribution >= 4 is 5.97 Å². The van der Waals surface area contributed by atoms with Gasteiger partial charge in [0.15, 0.2) is 0 Å². The Hall–Kier alpha value is -2.24. The smallest absolute Gasteiger partial charge is 0.323 e. The predicted octanol–water partition coefficient (Wildman–Crippen LogP) is 8.15. The topological polar surface area (TPSA) is 58.6 Å². The molecule has 0 aliphatic heterocycles. The Balaban J connectivity index is 1.92. The highest BCUT2D eigenvalue weighted by Crippen LogP contribution is 2.44. The maximum absolute atomic E-state index is 13.8. The molecule has 0 bridgehead atoms. The zero-order chi connectivity index (χ0) is 29.3. The Kier molecular flexibility index (Phi) is 9.39. The van der Waals surface area contributed by atoms with Crippen molar-refractivity contribution in [1.29, 1.82) is 0 Å². The third-order valence-corrected chi connectivity index (χ3v) is 8.86. The van der Waals surface area contributed by atoms with Gasteiger partial charge in [0, 0.05) is 5.92 Å². The molecular formula is C34H50FNO3. The molecule has 1 saturated carbocycles. The number of carbonyl (C=O) groups is 1. The molecule has 2 aromatic rings. The first-order valence-electron chi connectivity index (χ1n) is 14.5. The second kappa shape index (κ2) is 11.7. The lowest BCUT2D eigenvalue weighted by Crippen LogP contribution is -2.55. The highest BCUT2D eigenvalue weighted by Gasteiger charge is 2.42. The number of aliphatic carboxylic acids is 1. The van der Waals surface area contributed by atoms with E-state index >= 15 is 0 Å². The van der Waals surface area contributed by atoms with E-state index in [1.54, 1.807) is 6.92 Å². The van der Waals surface area contributed by atoms with Crippen LogP contribution in [0, 0.1) is 17.7 Å². The second-order valence-electron chi connectivity index (χ2n) is 14.1. The Morgan fingerprint density at radius 3 is 2.10 bits per heavy atom. The van der Waals surface area contributed by atoms with Gasteiger partial charge in [0.1, 0.15) is 11.4 Å². The number of rotatable bonds is 9. The quantitative estimate of drug-likeness (QED) is 0.338. The molecule has 5 unspecified atom stereocenters. The molecule has 5 heteroatoms. The fourth-order valence-electron chi connectivity index (χ4n) is 5.83. The van der Waals surface area contributed by atoms with Crippen molar-refractivity contribution in [2.24, 2.45) is 11.8 Å². The summed E-state index contributed by atoms with van der Waals surface area (Å²) in [5, 5.41) is 13.3. The van der Waals surface area contributed by atoms with E-state index in [1.165, 1.54) is 28.8 Å². The third-order valence-electron chi connectivity index (χ3n) is 8.86. The normalized spacial score (nSPS) is 22.6. The zero-order valence-corrected chi connectivity index (χ0v) is 25.7. The summed E-state index contributed by atoms with van der Waals surface area (Å²) in [6, 6.07) is 13.5. The van der Waals surface area contributed by atoms with Crippen molar-refractivity contribution < 1.29 is 19.0 Å². The van der Waals surface area contributed by atoms with Crippen molar-refractivity contribution in [1.82, 2.24) is 5.32 Å². The van der Waals surface area contributed by atoms with Crippen LogP contribution in [0.3, 0.4) is 0 Å². The van der Waals surface area contributed by atoms with E-state index in [1.807, 2.05) is 26.0 Å². The van der Waals surface area contributed by atoms with Crippen molar-refractivity contribution in [3.05, 3.63) is 70.5 Å². The maximum Gasteiger partial charge on any atom is 0.323 e. The number of benzene rings is 2. The molecule has 0 heterocycles. The Bertz CT molecular complexity index is 1130. The number of carboxylic acids is 1. The molecule has 216 valence electrons. The number of nitrogens with one attached hydrogen (secondary N) is 1. The van der Waals surface area contributed by atoms with E-state index in [4.69, 9.17) is 4.74 Å². The first-order chi connectivity index (χ1) is 17.9. The lowest BCUT2D eigenvalue weighted by molar-refractivity contribution is -0.146. The van der Waals surface area contributed by atoms with Crippen LogP contribution in [0.15, 0.2) is 42.5 Å². The van der Waals surface area contributed by atoms with Crippen LogP contribution < -0.4 is 5.32 Å². The van der Waals surface area contributed by atoms with Gasteiger partial charge in [-0.25, -0.2) is 4.39 Å². The number of halogens is 1. The van der Waals surface area contributed by atoms with E-state index in [0.717, 1.165) is 18.4 Å². The molecule has 0 spiro atoms. The van der Waals surface area contributed by atoms with Gasteiger partial charge in [0.2, 0.25) is 0 Å². The van der Waals surface area contributed by atoms with E-state index < -0.39 is 11.5 Å². The van der Waals surface area contributed by atoms with Crippen LogP contribution in [0.4, 0.5) is 4.39 Å². The molecular weight excluding hydrogens is 489 g/mol.